The molecular weight excluding hydrogens is 418 g/mol. The van der Waals surface area contributed by atoms with Crippen LogP contribution in [0.1, 0.15) is 51.5 Å². The van der Waals surface area contributed by atoms with E-state index in [2.05, 4.69) is 83.6 Å². The standard InChI is InChI=1S/C30H31N3O/c1-21-16-22(2)18-25(17-21)30(34)33-15-13-26(19-29(33)23-8-4-3-5-9-23)32-20-24-12-14-31-28-11-7-6-10-27(24)28/h3-12,14,16-18,26,29,32H,13,15,19-20H2,1-2H3/t26-,29+/m0/s1. The Morgan fingerprint density at radius 2 is 1.71 bits per heavy atom. The minimum absolute atomic E-state index is 0.0509. The second kappa shape index (κ2) is 9.78. The molecule has 0 aliphatic carbocycles. The van der Waals surface area contributed by atoms with E-state index in [1.54, 1.807) is 0 Å². The van der Waals surface area contributed by atoms with Crippen LogP contribution in [0, 0.1) is 13.8 Å². The lowest BCUT2D eigenvalue weighted by Gasteiger charge is -2.40. The van der Waals surface area contributed by atoms with Crippen LogP contribution in [0.3, 0.4) is 0 Å². The Morgan fingerprint density at radius 3 is 2.50 bits per heavy atom. The van der Waals surface area contributed by atoms with E-state index >= 15 is 0 Å². The number of para-hydroxylation sites is 1. The van der Waals surface area contributed by atoms with E-state index in [-0.39, 0.29) is 11.9 Å². The molecule has 1 fully saturated rings. The molecule has 1 saturated heterocycles. The molecule has 0 bridgehead atoms. The average molecular weight is 450 g/mol. The van der Waals surface area contributed by atoms with Crippen molar-refractivity contribution in [1.82, 2.24) is 15.2 Å². The molecule has 2 atom stereocenters. The van der Waals surface area contributed by atoms with Gasteiger partial charge in [0.25, 0.3) is 5.91 Å². The summed E-state index contributed by atoms with van der Waals surface area (Å²) in [5.74, 6) is 0.124. The van der Waals surface area contributed by atoms with Gasteiger partial charge in [0.15, 0.2) is 0 Å². The lowest BCUT2D eigenvalue weighted by Crippen LogP contribution is -2.46. The van der Waals surface area contributed by atoms with Gasteiger partial charge in [-0.15, -0.1) is 0 Å². The van der Waals surface area contributed by atoms with E-state index in [0.717, 1.165) is 48.1 Å². The van der Waals surface area contributed by atoms with Crippen LogP contribution in [0.5, 0.6) is 0 Å². The van der Waals surface area contributed by atoms with Crippen LogP contribution in [0.25, 0.3) is 10.9 Å². The lowest BCUT2D eigenvalue weighted by molar-refractivity contribution is 0.0574. The first kappa shape index (κ1) is 22.3. The molecule has 0 spiro atoms. The fourth-order valence-electron chi connectivity index (χ4n) is 5.21. The third kappa shape index (κ3) is 4.73. The van der Waals surface area contributed by atoms with Crippen molar-refractivity contribution in [2.24, 2.45) is 0 Å². The third-order valence-corrected chi connectivity index (χ3v) is 6.84. The summed E-state index contributed by atoms with van der Waals surface area (Å²) in [6.07, 6.45) is 3.71. The first-order chi connectivity index (χ1) is 16.6. The summed E-state index contributed by atoms with van der Waals surface area (Å²) < 4.78 is 0. The molecule has 172 valence electrons. The fraction of sp³-hybridized carbons (Fsp3) is 0.267. The van der Waals surface area contributed by atoms with Crippen molar-refractivity contribution < 1.29 is 4.79 Å². The average Bonchev–Trinajstić information content (AvgIpc) is 2.87. The molecule has 4 nitrogen and oxygen atoms in total. The lowest BCUT2D eigenvalue weighted by atomic mass is 9.90. The fourth-order valence-corrected chi connectivity index (χ4v) is 5.21. The molecule has 1 aliphatic rings. The third-order valence-electron chi connectivity index (χ3n) is 6.84. The maximum Gasteiger partial charge on any atom is 0.254 e. The highest BCUT2D eigenvalue weighted by molar-refractivity contribution is 5.95. The van der Waals surface area contributed by atoms with Gasteiger partial charge in [-0.3, -0.25) is 9.78 Å². The second-order valence-electron chi connectivity index (χ2n) is 9.39. The van der Waals surface area contributed by atoms with Crippen LogP contribution in [-0.2, 0) is 6.54 Å². The molecule has 4 heteroatoms. The van der Waals surface area contributed by atoms with Gasteiger partial charge in [-0.2, -0.15) is 0 Å². The van der Waals surface area contributed by atoms with E-state index in [4.69, 9.17) is 0 Å². The van der Waals surface area contributed by atoms with Crippen molar-refractivity contribution in [2.75, 3.05) is 6.54 Å². The number of fused-ring (bicyclic) bond motifs is 1. The van der Waals surface area contributed by atoms with E-state index in [9.17, 15) is 4.79 Å². The maximum atomic E-state index is 13.6. The number of benzene rings is 3. The zero-order valence-electron chi connectivity index (χ0n) is 19.9. The van der Waals surface area contributed by atoms with E-state index in [0.29, 0.717) is 6.04 Å². The molecule has 0 unspecified atom stereocenters. The molecule has 1 N–H and O–H groups in total. The van der Waals surface area contributed by atoms with E-state index < -0.39 is 0 Å². The van der Waals surface area contributed by atoms with Gasteiger partial charge in [0.05, 0.1) is 11.6 Å². The monoisotopic (exact) mass is 449 g/mol. The molecule has 4 aromatic rings. The van der Waals surface area contributed by atoms with E-state index in [1.807, 2.05) is 30.5 Å². The second-order valence-corrected chi connectivity index (χ2v) is 9.39. The number of carbonyl (C=O) groups excluding carboxylic acids is 1. The number of likely N-dealkylation sites (tertiary alicyclic amines) is 1. The Labute approximate surface area is 201 Å². The minimum Gasteiger partial charge on any atom is -0.331 e. The van der Waals surface area contributed by atoms with Crippen molar-refractivity contribution in [3.63, 3.8) is 0 Å². The van der Waals surface area contributed by atoms with Gasteiger partial charge in [-0.1, -0.05) is 65.7 Å². The van der Waals surface area contributed by atoms with Gasteiger partial charge in [-0.25, -0.2) is 0 Å². The van der Waals surface area contributed by atoms with Gasteiger partial charge >= 0.3 is 0 Å². The summed E-state index contributed by atoms with van der Waals surface area (Å²) in [5.41, 5.74) is 6.52. The summed E-state index contributed by atoms with van der Waals surface area (Å²) >= 11 is 0. The number of hydrogen-bond donors (Lipinski definition) is 1. The van der Waals surface area contributed by atoms with Crippen molar-refractivity contribution in [3.05, 3.63) is 113 Å². The molecule has 2 heterocycles. The zero-order valence-corrected chi connectivity index (χ0v) is 19.9. The Kier molecular flexibility index (Phi) is 6.41. The van der Waals surface area contributed by atoms with Crippen LogP contribution >= 0.6 is 0 Å². The van der Waals surface area contributed by atoms with E-state index in [1.165, 1.54) is 16.5 Å². The van der Waals surface area contributed by atoms with Crippen molar-refractivity contribution >= 4 is 16.8 Å². The molecule has 3 aromatic carbocycles. The van der Waals surface area contributed by atoms with Crippen molar-refractivity contribution in [3.8, 4) is 0 Å². The van der Waals surface area contributed by atoms with Crippen LogP contribution in [0.4, 0.5) is 0 Å². The molecule has 1 aliphatic heterocycles. The summed E-state index contributed by atoms with van der Waals surface area (Å²) in [4.78, 5) is 20.2. The predicted octanol–water partition coefficient (Wildman–Crippen LogP) is 5.99. The van der Waals surface area contributed by atoms with Gasteiger partial charge in [0, 0.05) is 36.3 Å². The summed E-state index contributed by atoms with van der Waals surface area (Å²) in [6, 6.07) is 27.4. The van der Waals surface area contributed by atoms with Crippen molar-refractivity contribution in [1.29, 1.82) is 0 Å². The smallest absolute Gasteiger partial charge is 0.254 e. The number of nitrogens with zero attached hydrogens (tertiary/aromatic N) is 2. The van der Waals surface area contributed by atoms with Gasteiger partial charge in [0.1, 0.15) is 0 Å². The number of carbonyl (C=O) groups is 1. The molecule has 34 heavy (non-hydrogen) atoms. The first-order valence-electron chi connectivity index (χ1n) is 12.1. The summed E-state index contributed by atoms with van der Waals surface area (Å²) in [7, 11) is 0. The highest BCUT2D eigenvalue weighted by Gasteiger charge is 2.33. The number of amides is 1. The zero-order chi connectivity index (χ0) is 23.5. The van der Waals surface area contributed by atoms with Crippen LogP contribution in [-0.4, -0.2) is 28.4 Å². The maximum absolute atomic E-state index is 13.6. The SMILES string of the molecule is Cc1cc(C)cc(C(=O)N2CC[C@H](NCc3ccnc4ccccc34)C[C@@H]2c2ccccc2)c1. The predicted molar refractivity (Wildman–Crippen MR) is 138 cm³/mol. The number of piperidine rings is 1. The topological polar surface area (TPSA) is 45.2 Å². The van der Waals surface area contributed by atoms with Crippen LogP contribution < -0.4 is 5.32 Å². The summed E-state index contributed by atoms with van der Waals surface area (Å²) in [6.45, 7) is 5.63. The molecular formula is C30H31N3O. The minimum atomic E-state index is 0.0509. The summed E-state index contributed by atoms with van der Waals surface area (Å²) in [5, 5.41) is 4.98. The largest absolute Gasteiger partial charge is 0.331 e. The Morgan fingerprint density at radius 1 is 0.971 bits per heavy atom. The highest BCUT2D eigenvalue weighted by atomic mass is 16.2. The van der Waals surface area contributed by atoms with Crippen LogP contribution in [0.15, 0.2) is 85.1 Å². The van der Waals surface area contributed by atoms with Gasteiger partial charge < -0.3 is 10.2 Å². The van der Waals surface area contributed by atoms with Crippen LogP contribution in [0.2, 0.25) is 0 Å². The number of aryl methyl sites for hydroxylation is 2. The highest BCUT2D eigenvalue weighted by Crippen LogP contribution is 2.33. The number of hydrogen-bond acceptors (Lipinski definition) is 3. The molecule has 1 aromatic heterocycles. The first-order valence-corrected chi connectivity index (χ1v) is 12.1. The normalized spacial score (nSPS) is 18.2. The van der Waals surface area contributed by atoms with Gasteiger partial charge in [-0.05, 0) is 62.1 Å². The van der Waals surface area contributed by atoms with Gasteiger partial charge in [0.2, 0.25) is 0 Å². The Bertz CT molecular complexity index is 1280. The number of aromatic nitrogens is 1. The number of rotatable bonds is 5. The molecule has 0 saturated carbocycles. The molecule has 1 amide bonds. The van der Waals surface area contributed by atoms with Crippen molar-refractivity contribution in [2.45, 2.75) is 45.3 Å². The molecule has 0 radical (unpaired) electrons. The number of nitrogens with one attached hydrogen (secondary N) is 1. The Hall–Kier alpha value is -3.50. The Balaban J connectivity index is 1.36. The number of pyridine rings is 1. The quantitative estimate of drug-likeness (QED) is 0.407. The molecule has 5 rings (SSSR count).